The predicted octanol–water partition coefficient (Wildman–Crippen LogP) is 2.32. The highest BCUT2D eigenvalue weighted by Gasteiger charge is 2.32. The maximum atomic E-state index is 11.8. The van der Waals surface area contributed by atoms with Gasteiger partial charge in [0, 0.05) is 5.57 Å². The summed E-state index contributed by atoms with van der Waals surface area (Å²) in [5, 5.41) is 9.16. The molecule has 6 heteroatoms. The Hall–Kier alpha value is -1.85. The first kappa shape index (κ1) is 19.1. The molecule has 0 aliphatic heterocycles. The van der Waals surface area contributed by atoms with Crippen LogP contribution in [0.15, 0.2) is 12.2 Å². The molecule has 0 radical (unpaired) electrons. The van der Waals surface area contributed by atoms with Crippen molar-refractivity contribution in [3.8, 4) is 0 Å². The van der Waals surface area contributed by atoms with Crippen LogP contribution in [0.5, 0.6) is 0 Å². The molecule has 0 bridgehead atoms. The highest BCUT2D eigenvalue weighted by Crippen LogP contribution is 2.21. The van der Waals surface area contributed by atoms with Crippen molar-refractivity contribution >= 4 is 17.9 Å². The smallest absolute Gasteiger partial charge is 0.334 e. The van der Waals surface area contributed by atoms with E-state index in [1.54, 1.807) is 41.5 Å². The van der Waals surface area contributed by atoms with E-state index in [0.717, 1.165) is 0 Å². The van der Waals surface area contributed by atoms with Crippen LogP contribution in [0.4, 0.5) is 0 Å². The summed E-state index contributed by atoms with van der Waals surface area (Å²) in [6.45, 7) is 13.4. The SMILES string of the molecule is C=C(C(=O)OC(C)(C)C)C(CC(=O)OC(C)(C)C)C(=O)O. The van der Waals surface area contributed by atoms with E-state index >= 15 is 0 Å². The van der Waals surface area contributed by atoms with Crippen LogP contribution < -0.4 is 0 Å². The highest BCUT2D eigenvalue weighted by atomic mass is 16.6. The average molecular weight is 300 g/mol. The van der Waals surface area contributed by atoms with Gasteiger partial charge in [-0.2, -0.15) is 0 Å². The molecule has 120 valence electrons. The van der Waals surface area contributed by atoms with Gasteiger partial charge in [0.25, 0.3) is 0 Å². The van der Waals surface area contributed by atoms with Gasteiger partial charge in [-0.1, -0.05) is 6.58 Å². The third-order valence-electron chi connectivity index (χ3n) is 2.17. The molecule has 0 rings (SSSR count). The van der Waals surface area contributed by atoms with Gasteiger partial charge in [-0.3, -0.25) is 9.59 Å². The fraction of sp³-hybridized carbons (Fsp3) is 0.667. The molecular formula is C15H24O6. The Morgan fingerprint density at radius 3 is 1.76 bits per heavy atom. The predicted molar refractivity (Wildman–Crippen MR) is 76.6 cm³/mol. The van der Waals surface area contributed by atoms with Crippen LogP contribution in [-0.2, 0) is 23.9 Å². The van der Waals surface area contributed by atoms with Crippen molar-refractivity contribution in [3.63, 3.8) is 0 Å². The number of carbonyl (C=O) groups excluding carboxylic acids is 2. The first-order valence-corrected chi connectivity index (χ1v) is 6.60. The second kappa shape index (κ2) is 6.74. The third kappa shape index (κ3) is 8.12. The van der Waals surface area contributed by atoms with E-state index in [-0.39, 0.29) is 5.57 Å². The summed E-state index contributed by atoms with van der Waals surface area (Å²) in [5.41, 5.74) is -1.77. The van der Waals surface area contributed by atoms with Crippen molar-refractivity contribution in [1.82, 2.24) is 0 Å². The summed E-state index contributed by atoms with van der Waals surface area (Å²) < 4.78 is 10.1. The number of hydrogen-bond donors (Lipinski definition) is 1. The minimum atomic E-state index is -1.37. The molecule has 0 heterocycles. The number of hydrogen-bond acceptors (Lipinski definition) is 5. The zero-order valence-corrected chi connectivity index (χ0v) is 13.5. The zero-order valence-electron chi connectivity index (χ0n) is 13.5. The quantitative estimate of drug-likeness (QED) is 0.619. The van der Waals surface area contributed by atoms with Gasteiger partial charge in [-0.15, -0.1) is 0 Å². The minimum absolute atomic E-state index is 0.275. The molecule has 0 aromatic carbocycles. The average Bonchev–Trinajstić information content (AvgIpc) is 2.19. The summed E-state index contributed by atoms with van der Waals surface area (Å²) in [4.78, 5) is 34.8. The fourth-order valence-corrected chi connectivity index (χ4v) is 1.40. The Labute approximate surface area is 125 Å². The largest absolute Gasteiger partial charge is 0.481 e. The molecule has 1 atom stereocenters. The summed E-state index contributed by atoms with van der Waals surface area (Å²) in [6.07, 6.45) is -0.468. The van der Waals surface area contributed by atoms with Gasteiger partial charge in [0.1, 0.15) is 11.2 Å². The Morgan fingerprint density at radius 2 is 1.43 bits per heavy atom. The number of carboxylic acids is 1. The molecule has 0 amide bonds. The third-order valence-corrected chi connectivity index (χ3v) is 2.17. The van der Waals surface area contributed by atoms with E-state index < -0.39 is 41.4 Å². The van der Waals surface area contributed by atoms with Crippen molar-refractivity contribution in [1.29, 1.82) is 0 Å². The molecule has 6 nitrogen and oxygen atoms in total. The topological polar surface area (TPSA) is 89.9 Å². The van der Waals surface area contributed by atoms with Crippen molar-refractivity contribution in [3.05, 3.63) is 12.2 Å². The molecule has 0 saturated heterocycles. The molecule has 0 aromatic rings. The summed E-state index contributed by atoms with van der Waals surface area (Å²) >= 11 is 0. The normalized spacial score (nSPS) is 13.2. The molecule has 1 unspecified atom stereocenters. The fourth-order valence-electron chi connectivity index (χ4n) is 1.40. The summed E-state index contributed by atoms with van der Waals surface area (Å²) in [6, 6.07) is 0. The Balaban J connectivity index is 4.92. The van der Waals surface area contributed by atoms with Crippen LogP contribution in [-0.4, -0.2) is 34.2 Å². The Bertz CT molecular complexity index is 436. The molecule has 0 aliphatic carbocycles. The van der Waals surface area contributed by atoms with Crippen LogP contribution in [0.25, 0.3) is 0 Å². The second-order valence-electron chi connectivity index (χ2n) is 6.71. The molecule has 0 aromatic heterocycles. The van der Waals surface area contributed by atoms with E-state index in [9.17, 15) is 14.4 Å². The van der Waals surface area contributed by atoms with Gasteiger partial charge in [0.15, 0.2) is 0 Å². The number of ether oxygens (including phenoxy) is 2. The molecule has 1 N–H and O–H groups in total. The first-order chi connectivity index (χ1) is 9.23. The molecule has 0 saturated carbocycles. The number of carbonyl (C=O) groups is 3. The van der Waals surface area contributed by atoms with Gasteiger partial charge >= 0.3 is 17.9 Å². The van der Waals surface area contributed by atoms with Crippen molar-refractivity contribution < 1.29 is 29.0 Å². The molecule has 21 heavy (non-hydrogen) atoms. The van der Waals surface area contributed by atoms with Crippen molar-refractivity contribution in [2.45, 2.75) is 59.2 Å². The van der Waals surface area contributed by atoms with Gasteiger partial charge in [-0.25, -0.2) is 4.79 Å². The molecule has 0 fully saturated rings. The monoisotopic (exact) mass is 300 g/mol. The Morgan fingerprint density at radius 1 is 1.00 bits per heavy atom. The number of carboxylic acid groups (broad SMARTS) is 1. The van der Waals surface area contributed by atoms with Crippen molar-refractivity contribution in [2.24, 2.45) is 5.92 Å². The number of aliphatic carboxylic acids is 1. The van der Waals surface area contributed by atoms with E-state index in [2.05, 4.69) is 6.58 Å². The van der Waals surface area contributed by atoms with Crippen LogP contribution in [0.1, 0.15) is 48.0 Å². The lowest BCUT2D eigenvalue weighted by molar-refractivity contribution is -0.160. The second-order valence-corrected chi connectivity index (χ2v) is 6.71. The van der Waals surface area contributed by atoms with Crippen molar-refractivity contribution in [2.75, 3.05) is 0 Å². The summed E-state index contributed by atoms with van der Waals surface area (Å²) in [5.74, 6) is -4.23. The van der Waals surface area contributed by atoms with Gasteiger partial charge in [0.2, 0.25) is 0 Å². The summed E-state index contributed by atoms with van der Waals surface area (Å²) in [7, 11) is 0. The van der Waals surface area contributed by atoms with E-state index in [0.29, 0.717) is 0 Å². The molecule has 0 aliphatic rings. The Kier molecular flexibility index (Phi) is 6.14. The first-order valence-electron chi connectivity index (χ1n) is 6.60. The highest BCUT2D eigenvalue weighted by molar-refractivity contribution is 5.96. The zero-order chi connectivity index (χ0) is 17.0. The van der Waals surface area contributed by atoms with Crippen LogP contribution in [0.3, 0.4) is 0 Å². The number of esters is 2. The van der Waals surface area contributed by atoms with Gasteiger partial charge in [-0.05, 0) is 41.5 Å². The number of rotatable bonds is 5. The lowest BCUT2D eigenvalue weighted by Gasteiger charge is -2.23. The van der Waals surface area contributed by atoms with E-state index in [1.807, 2.05) is 0 Å². The van der Waals surface area contributed by atoms with Crippen LogP contribution >= 0.6 is 0 Å². The minimum Gasteiger partial charge on any atom is -0.481 e. The van der Waals surface area contributed by atoms with E-state index in [1.165, 1.54) is 0 Å². The maximum absolute atomic E-state index is 11.8. The van der Waals surface area contributed by atoms with Crippen LogP contribution in [0.2, 0.25) is 0 Å². The maximum Gasteiger partial charge on any atom is 0.334 e. The lowest BCUT2D eigenvalue weighted by atomic mass is 9.96. The van der Waals surface area contributed by atoms with Crippen LogP contribution in [0, 0.1) is 5.92 Å². The lowest BCUT2D eigenvalue weighted by Crippen LogP contribution is -2.32. The standard InChI is InChI=1S/C15H24O6/c1-9(13(19)21-15(5,6)7)10(12(17)18)8-11(16)20-14(2,3)4/h10H,1,8H2,2-7H3,(H,17,18). The van der Waals surface area contributed by atoms with Gasteiger partial charge in [0.05, 0.1) is 12.3 Å². The van der Waals surface area contributed by atoms with E-state index in [4.69, 9.17) is 14.6 Å². The van der Waals surface area contributed by atoms with Gasteiger partial charge < -0.3 is 14.6 Å². The molecular weight excluding hydrogens is 276 g/mol. The molecule has 0 spiro atoms.